The number of ether oxygens (including phenoxy) is 4. The van der Waals surface area contributed by atoms with Crippen molar-refractivity contribution in [1.82, 2.24) is 5.32 Å². The first-order valence-corrected chi connectivity index (χ1v) is 6.58. The Hall–Kier alpha value is -1.99. The Balaban J connectivity index is 4.21. The summed E-state index contributed by atoms with van der Waals surface area (Å²) >= 11 is 0. The number of esters is 1. The van der Waals surface area contributed by atoms with Crippen LogP contribution < -0.4 is 5.32 Å². The van der Waals surface area contributed by atoms with Crippen molar-refractivity contribution in [3.05, 3.63) is 0 Å². The van der Waals surface area contributed by atoms with Crippen molar-refractivity contribution < 1.29 is 33.3 Å². The smallest absolute Gasteiger partial charge is 0.444 e. The highest BCUT2D eigenvalue weighted by Crippen LogP contribution is 2.07. The first-order chi connectivity index (χ1) is 9.55. The number of nitrogens with one attached hydrogen (secondary N) is 1. The first kappa shape index (κ1) is 19.0. The second-order valence-corrected chi connectivity index (χ2v) is 5.17. The van der Waals surface area contributed by atoms with Gasteiger partial charge in [-0.1, -0.05) is 0 Å². The zero-order chi connectivity index (χ0) is 16.6. The predicted molar refractivity (Wildman–Crippen MR) is 72.5 cm³/mol. The van der Waals surface area contributed by atoms with Crippen LogP contribution in [-0.2, 0) is 23.7 Å². The lowest BCUT2D eigenvalue weighted by Crippen LogP contribution is -2.43. The molecule has 122 valence electrons. The quantitative estimate of drug-likeness (QED) is 0.470. The molecule has 0 aromatic rings. The van der Waals surface area contributed by atoms with Gasteiger partial charge in [0.2, 0.25) is 6.29 Å². The van der Waals surface area contributed by atoms with Gasteiger partial charge in [0.15, 0.2) is 0 Å². The number of alkyl carbamates (subject to hydrolysis) is 1. The highest BCUT2D eigenvalue weighted by molar-refractivity contribution is 5.81. The summed E-state index contributed by atoms with van der Waals surface area (Å²) in [6, 6.07) is -0.951. The van der Waals surface area contributed by atoms with E-state index < -0.39 is 36.2 Å². The summed E-state index contributed by atoms with van der Waals surface area (Å²) in [5.74, 6) is -0.766. The summed E-state index contributed by atoms with van der Waals surface area (Å²) in [4.78, 5) is 34.2. The van der Waals surface area contributed by atoms with Gasteiger partial charge in [-0.2, -0.15) is 0 Å². The van der Waals surface area contributed by atoms with Crippen molar-refractivity contribution in [2.24, 2.45) is 0 Å². The lowest BCUT2D eigenvalue weighted by Gasteiger charge is -2.22. The number of carbonyl (C=O) groups excluding carboxylic acids is 3. The maximum Gasteiger partial charge on any atom is 0.511 e. The van der Waals surface area contributed by atoms with Crippen molar-refractivity contribution in [3.63, 3.8) is 0 Å². The average molecular weight is 305 g/mol. The molecule has 0 bridgehead atoms. The Kier molecular flexibility index (Phi) is 7.54. The molecule has 0 saturated heterocycles. The molecule has 1 unspecified atom stereocenters. The molecule has 0 rings (SSSR count). The van der Waals surface area contributed by atoms with E-state index in [0.29, 0.717) is 0 Å². The fourth-order valence-corrected chi connectivity index (χ4v) is 1.12. The Morgan fingerprint density at radius 2 is 1.67 bits per heavy atom. The van der Waals surface area contributed by atoms with Crippen molar-refractivity contribution in [1.29, 1.82) is 0 Å². The molecule has 0 fully saturated rings. The van der Waals surface area contributed by atoms with Gasteiger partial charge in [-0.05, 0) is 34.6 Å². The maximum atomic E-state index is 11.7. The van der Waals surface area contributed by atoms with E-state index in [1.165, 1.54) is 13.8 Å². The molecule has 0 heterocycles. The fourth-order valence-electron chi connectivity index (χ4n) is 1.12. The summed E-state index contributed by atoms with van der Waals surface area (Å²) in [5, 5.41) is 2.31. The Bertz CT molecular complexity index is 375. The zero-order valence-electron chi connectivity index (χ0n) is 13.2. The molecule has 0 aromatic carbocycles. The van der Waals surface area contributed by atoms with E-state index in [-0.39, 0.29) is 6.61 Å². The third-order valence-electron chi connectivity index (χ3n) is 1.89. The fraction of sp³-hybridized carbons (Fsp3) is 0.769. The summed E-state index contributed by atoms with van der Waals surface area (Å²) in [6.07, 6.45) is -2.81. The largest absolute Gasteiger partial charge is 0.511 e. The lowest BCUT2D eigenvalue weighted by atomic mass is 10.2. The third-order valence-corrected chi connectivity index (χ3v) is 1.89. The van der Waals surface area contributed by atoms with E-state index in [1.54, 1.807) is 27.7 Å². The molecule has 0 saturated carbocycles. The van der Waals surface area contributed by atoms with Gasteiger partial charge in [0.1, 0.15) is 11.6 Å². The highest BCUT2D eigenvalue weighted by Gasteiger charge is 2.24. The minimum Gasteiger partial charge on any atom is -0.444 e. The topological polar surface area (TPSA) is 100 Å². The zero-order valence-corrected chi connectivity index (χ0v) is 13.2. The summed E-state index contributed by atoms with van der Waals surface area (Å²) in [7, 11) is 0. The standard InChI is InChI=1S/C13H23NO7/c1-7-18-12(17)20-9(3)19-10(15)8(2)14-11(16)21-13(4,5)6/h8-9H,7H2,1-6H3,(H,14,16)/t8-,9?/m0/s1. The minimum absolute atomic E-state index is 0.149. The lowest BCUT2D eigenvalue weighted by molar-refractivity contribution is -0.169. The van der Waals surface area contributed by atoms with Crippen LogP contribution in [0, 0.1) is 0 Å². The molecular weight excluding hydrogens is 282 g/mol. The van der Waals surface area contributed by atoms with E-state index in [9.17, 15) is 14.4 Å². The molecule has 1 N–H and O–H groups in total. The second kappa shape index (κ2) is 8.33. The van der Waals surface area contributed by atoms with E-state index in [0.717, 1.165) is 0 Å². The van der Waals surface area contributed by atoms with Crippen LogP contribution in [0.2, 0.25) is 0 Å². The van der Waals surface area contributed by atoms with Crippen molar-refractivity contribution >= 4 is 18.2 Å². The van der Waals surface area contributed by atoms with Gasteiger partial charge in [0, 0.05) is 6.92 Å². The molecule has 1 amide bonds. The number of amides is 1. The van der Waals surface area contributed by atoms with Crippen molar-refractivity contribution in [2.45, 2.75) is 59.5 Å². The van der Waals surface area contributed by atoms with E-state index in [2.05, 4.69) is 14.8 Å². The van der Waals surface area contributed by atoms with E-state index in [4.69, 9.17) is 9.47 Å². The number of hydrogen-bond acceptors (Lipinski definition) is 7. The highest BCUT2D eigenvalue weighted by atomic mass is 16.8. The SMILES string of the molecule is CCOC(=O)OC(C)OC(=O)[C@H](C)NC(=O)OC(C)(C)C. The van der Waals surface area contributed by atoms with Crippen LogP contribution >= 0.6 is 0 Å². The van der Waals surface area contributed by atoms with Gasteiger partial charge in [-0.15, -0.1) is 0 Å². The van der Waals surface area contributed by atoms with E-state index >= 15 is 0 Å². The molecule has 0 aliphatic heterocycles. The second-order valence-electron chi connectivity index (χ2n) is 5.17. The third kappa shape index (κ3) is 9.53. The average Bonchev–Trinajstić information content (AvgIpc) is 2.25. The molecule has 8 heteroatoms. The van der Waals surface area contributed by atoms with Crippen LogP contribution in [0.3, 0.4) is 0 Å². The minimum atomic E-state index is -1.13. The van der Waals surface area contributed by atoms with Crippen LogP contribution in [0.25, 0.3) is 0 Å². The van der Waals surface area contributed by atoms with Crippen molar-refractivity contribution in [3.8, 4) is 0 Å². The molecule has 0 radical (unpaired) electrons. The summed E-state index contributed by atoms with van der Waals surface area (Å²) in [6.45, 7) is 9.64. The van der Waals surface area contributed by atoms with Gasteiger partial charge in [-0.25, -0.2) is 14.4 Å². The van der Waals surface area contributed by atoms with Gasteiger partial charge >= 0.3 is 18.2 Å². The monoisotopic (exact) mass is 305 g/mol. The maximum absolute atomic E-state index is 11.7. The Labute approximate surface area is 124 Å². The molecular formula is C13H23NO7. The van der Waals surface area contributed by atoms with E-state index in [1.807, 2.05) is 0 Å². The molecule has 0 aliphatic carbocycles. The molecule has 0 aromatic heterocycles. The van der Waals surface area contributed by atoms with Gasteiger partial charge in [-0.3, -0.25) is 0 Å². The predicted octanol–water partition coefficient (Wildman–Crippen LogP) is 1.96. The van der Waals surface area contributed by atoms with Crippen molar-refractivity contribution in [2.75, 3.05) is 6.61 Å². The van der Waals surface area contributed by atoms with Crippen LogP contribution in [0.5, 0.6) is 0 Å². The molecule has 0 aliphatic rings. The van der Waals surface area contributed by atoms with Crippen LogP contribution in [0.15, 0.2) is 0 Å². The summed E-state index contributed by atoms with van der Waals surface area (Å²) in [5.41, 5.74) is -0.673. The molecule has 8 nitrogen and oxygen atoms in total. The Morgan fingerprint density at radius 3 is 2.14 bits per heavy atom. The normalized spacial score (nSPS) is 13.6. The number of rotatable bonds is 5. The van der Waals surface area contributed by atoms with Crippen LogP contribution in [0.4, 0.5) is 9.59 Å². The number of carbonyl (C=O) groups is 3. The molecule has 21 heavy (non-hydrogen) atoms. The van der Waals surface area contributed by atoms with Crippen LogP contribution in [-0.4, -0.2) is 42.8 Å². The van der Waals surface area contributed by atoms with Gasteiger partial charge < -0.3 is 24.3 Å². The van der Waals surface area contributed by atoms with Crippen LogP contribution in [0.1, 0.15) is 41.5 Å². The molecule has 2 atom stereocenters. The first-order valence-electron chi connectivity index (χ1n) is 6.58. The van der Waals surface area contributed by atoms with Gasteiger partial charge in [0.05, 0.1) is 6.61 Å². The Morgan fingerprint density at radius 1 is 1.10 bits per heavy atom. The number of hydrogen-bond donors (Lipinski definition) is 1. The molecule has 0 spiro atoms. The summed E-state index contributed by atoms with van der Waals surface area (Å²) < 4.78 is 19.0. The van der Waals surface area contributed by atoms with Gasteiger partial charge in [0.25, 0.3) is 0 Å².